The lowest BCUT2D eigenvalue weighted by atomic mass is 10.0. The van der Waals surface area contributed by atoms with Crippen molar-refractivity contribution < 1.29 is 22.9 Å². The lowest BCUT2D eigenvalue weighted by Crippen LogP contribution is -2.27. The van der Waals surface area contributed by atoms with E-state index in [1.807, 2.05) is 30.3 Å². The average Bonchev–Trinajstić information content (AvgIpc) is 3.37. The molecule has 0 aromatic heterocycles. The summed E-state index contributed by atoms with van der Waals surface area (Å²) in [5.74, 6) is -0.333. The van der Waals surface area contributed by atoms with E-state index in [1.54, 1.807) is 75.4 Å². The Morgan fingerprint density at radius 2 is 1.52 bits per heavy atom. The van der Waals surface area contributed by atoms with Crippen LogP contribution >= 0.6 is 0 Å². The lowest BCUT2D eigenvalue weighted by molar-refractivity contribution is 0.0635. The van der Waals surface area contributed by atoms with Gasteiger partial charge in [-0.05, 0) is 92.4 Å². The number of hydrogen-bond donors (Lipinski definition) is 2. The second-order valence-electron chi connectivity index (χ2n) is 11.0. The number of anilines is 2. The van der Waals surface area contributed by atoms with Crippen LogP contribution in [0.5, 0.6) is 0 Å². The molecule has 1 aliphatic heterocycles. The van der Waals surface area contributed by atoms with Crippen LogP contribution < -0.4 is 10.6 Å². The highest BCUT2D eigenvalue weighted by atomic mass is 32.2. The third-order valence-electron chi connectivity index (χ3n) is 6.72. The van der Waals surface area contributed by atoms with Crippen molar-refractivity contribution in [2.45, 2.75) is 43.7 Å². The standard InChI is InChI=1S/C33H32FN3O4S/c1-33(2,3)41-32(39)36-29-18-13-25(22-9-14-26(34)15-10-22)21-30(29)35-31(38)24-11-16-27(17-12-24)42(40)20-19-28(37-42)23-7-5-4-6-8-23/h4-18,21,28H,19-20H2,1-3H3,(H,35,38)(H,36,39)/t28-,42+/m1/s1. The Hall–Kier alpha value is -4.50. The first-order chi connectivity index (χ1) is 20.0. The van der Waals surface area contributed by atoms with Gasteiger partial charge in [-0.2, -0.15) is 0 Å². The largest absolute Gasteiger partial charge is 0.444 e. The van der Waals surface area contributed by atoms with Gasteiger partial charge in [0.15, 0.2) is 0 Å². The summed E-state index contributed by atoms with van der Waals surface area (Å²) in [7, 11) is -2.60. The molecular formula is C33H32FN3O4S. The van der Waals surface area contributed by atoms with Crippen molar-refractivity contribution in [3.8, 4) is 11.1 Å². The molecule has 2 N–H and O–H groups in total. The SMILES string of the molecule is CC(C)(C)OC(=O)Nc1ccc(-c2ccc(F)cc2)cc1NC(=O)c1ccc([S@]2(=O)=N[C@@H](c3ccccc3)CC2)cc1. The van der Waals surface area contributed by atoms with Crippen molar-refractivity contribution in [1.82, 2.24) is 0 Å². The minimum absolute atomic E-state index is 0.119. The van der Waals surface area contributed by atoms with Crippen molar-refractivity contribution in [1.29, 1.82) is 0 Å². The zero-order valence-corrected chi connectivity index (χ0v) is 24.4. The van der Waals surface area contributed by atoms with E-state index in [2.05, 4.69) is 15.0 Å². The van der Waals surface area contributed by atoms with Gasteiger partial charge in [0.1, 0.15) is 11.4 Å². The summed E-state index contributed by atoms with van der Waals surface area (Å²) in [6.45, 7) is 5.26. The lowest BCUT2D eigenvalue weighted by Gasteiger charge is -2.21. The molecule has 4 aromatic rings. The van der Waals surface area contributed by atoms with Crippen molar-refractivity contribution in [2.24, 2.45) is 4.36 Å². The van der Waals surface area contributed by atoms with Crippen molar-refractivity contribution in [3.63, 3.8) is 0 Å². The Morgan fingerprint density at radius 3 is 2.19 bits per heavy atom. The second-order valence-corrected chi connectivity index (χ2v) is 13.4. The molecule has 7 nitrogen and oxygen atoms in total. The molecule has 0 saturated heterocycles. The molecule has 1 heterocycles. The number of benzene rings is 4. The predicted octanol–water partition coefficient (Wildman–Crippen LogP) is 8.06. The predicted molar refractivity (Wildman–Crippen MR) is 164 cm³/mol. The molecule has 0 spiro atoms. The fourth-order valence-electron chi connectivity index (χ4n) is 4.67. The van der Waals surface area contributed by atoms with Gasteiger partial charge in [0.25, 0.3) is 5.91 Å². The molecule has 2 amide bonds. The van der Waals surface area contributed by atoms with E-state index in [0.29, 0.717) is 39.6 Å². The van der Waals surface area contributed by atoms with Gasteiger partial charge >= 0.3 is 6.09 Å². The maximum absolute atomic E-state index is 13.6. The van der Waals surface area contributed by atoms with E-state index >= 15 is 0 Å². The van der Waals surface area contributed by atoms with Crippen LogP contribution in [0.4, 0.5) is 20.6 Å². The zero-order chi connectivity index (χ0) is 29.9. The van der Waals surface area contributed by atoms with E-state index in [4.69, 9.17) is 4.74 Å². The Kier molecular flexibility index (Phi) is 8.13. The van der Waals surface area contributed by atoms with Gasteiger partial charge in [-0.1, -0.05) is 48.5 Å². The first-order valence-electron chi connectivity index (χ1n) is 13.6. The fourth-order valence-corrected chi connectivity index (χ4v) is 6.87. The number of nitrogens with one attached hydrogen (secondary N) is 2. The molecule has 0 radical (unpaired) electrons. The monoisotopic (exact) mass is 585 g/mol. The van der Waals surface area contributed by atoms with Gasteiger partial charge in [0, 0.05) is 16.2 Å². The van der Waals surface area contributed by atoms with E-state index in [1.165, 1.54) is 12.1 Å². The number of nitrogens with zero attached hydrogens (tertiary/aromatic N) is 1. The maximum atomic E-state index is 13.6. The zero-order valence-electron chi connectivity index (χ0n) is 23.6. The van der Waals surface area contributed by atoms with Crippen molar-refractivity contribution >= 4 is 33.1 Å². The molecule has 4 aromatic carbocycles. The van der Waals surface area contributed by atoms with Gasteiger partial charge in [0.2, 0.25) is 0 Å². The van der Waals surface area contributed by atoms with E-state index in [0.717, 1.165) is 11.1 Å². The van der Waals surface area contributed by atoms with Gasteiger partial charge in [-0.3, -0.25) is 10.1 Å². The van der Waals surface area contributed by atoms with Gasteiger partial charge in [-0.25, -0.2) is 17.8 Å². The molecule has 0 bridgehead atoms. The molecule has 5 rings (SSSR count). The molecule has 0 aliphatic carbocycles. The number of ether oxygens (including phenoxy) is 1. The summed E-state index contributed by atoms with van der Waals surface area (Å²) in [5.41, 5.74) is 2.78. The first kappa shape index (κ1) is 29.0. The molecule has 42 heavy (non-hydrogen) atoms. The number of carbonyl (C=O) groups excluding carboxylic acids is 2. The van der Waals surface area contributed by atoms with E-state index < -0.39 is 27.3 Å². The molecule has 0 saturated carbocycles. The first-order valence-corrected chi connectivity index (χ1v) is 15.3. The van der Waals surface area contributed by atoms with Gasteiger partial charge < -0.3 is 10.1 Å². The van der Waals surface area contributed by atoms with Crippen LogP contribution in [0.3, 0.4) is 0 Å². The number of rotatable bonds is 6. The topological polar surface area (TPSA) is 96.9 Å². The molecular weight excluding hydrogens is 553 g/mol. The highest BCUT2D eigenvalue weighted by molar-refractivity contribution is 7.93. The number of hydrogen-bond acceptors (Lipinski definition) is 5. The number of amides is 2. The maximum Gasteiger partial charge on any atom is 0.412 e. The molecule has 1 aliphatic rings. The molecule has 216 valence electrons. The van der Waals surface area contributed by atoms with Crippen molar-refractivity contribution in [3.05, 3.63) is 114 Å². The second kappa shape index (κ2) is 11.8. The molecule has 2 atom stereocenters. The number of halogens is 1. The van der Waals surface area contributed by atoms with Crippen molar-refractivity contribution in [2.75, 3.05) is 16.4 Å². The highest BCUT2D eigenvalue weighted by Crippen LogP contribution is 2.34. The van der Waals surface area contributed by atoms with Crippen LogP contribution in [-0.2, 0) is 14.5 Å². The van der Waals surface area contributed by atoms with Crippen LogP contribution in [0.2, 0.25) is 0 Å². The van der Waals surface area contributed by atoms with Crippen LogP contribution in [-0.4, -0.2) is 27.6 Å². The Balaban J connectivity index is 1.39. The molecule has 0 unspecified atom stereocenters. The molecule has 9 heteroatoms. The minimum atomic E-state index is -2.60. The normalized spacial score (nSPS) is 18.1. The Labute approximate surface area is 245 Å². The summed E-state index contributed by atoms with van der Waals surface area (Å²) in [6.07, 6.45) is 0.0258. The Morgan fingerprint density at radius 1 is 0.857 bits per heavy atom. The summed E-state index contributed by atoms with van der Waals surface area (Å²) in [6, 6.07) is 27.4. The third kappa shape index (κ3) is 6.86. The Bertz CT molecular complexity index is 1720. The van der Waals surface area contributed by atoms with Crippen LogP contribution in [0.15, 0.2) is 106 Å². The quantitative estimate of drug-likeness (QED) is 0.239. The van der Waals surface area contributed by atoms with E-state index in [-0.39, 0.29) is 11.9 Å². The summed E-state index contributed by atoms with van der Waals surface area (Å²) in [4.78, 5) is 26.4. The fraction of sp³-hybridized carbons (Fsp3) is 0.212. The minimum Gasteiger partial charge on any atom is -0.444 e. The summed E-state index contributed by atoms with van der Waals surface area (Å²) in [5, 5.41) is 5.56. The summed E-state index contributed by atoms with van der Waals surface area (Å²) < 4.78 is 37.2. The van der Waals surface area contributed by atoms with Gasteiger partial charge in [-0.15, -0.1) is 0 Å². The van der Waals surface area contributed by atoms with Gasteiger partial charge in [0.05, 0.1) is 27.1 Å². The van der Waals surface area contributed by atoms with Crippen LogP contribution in [0.25, 0.3) is 11.1 Å². The third-order valence-corrected chi connectivity index (χ3v) is 9.11. The summed E-state index contributed by atoms with van der Waals surface area (Å²) >= 11 is 0. The number of carbonyl (C=O) groups is 2. The highest BCUT2D eigenvalue weighted by Gasteiger charge is 2.26. The van der Waals surface area contributed by atoms with Crippen LogP contribution in [0, 0.1) is 5.82 Å². The smallest absolute Gasteiger partial charge is 0.412 e. The average molecular weight is 586 g/mol. The van der Waals surface area contributed by atoms with E-state index in [9.17, 15) is 18.2 Å². The molecule has 0 fully saturated rings. The van der Waals surface area contributed by atoms with Crippen LogP contribution in [0.1, 0.15) is 49.2 Å².